The van der Waals surface area contributed by atoms with E-state index in [4.69, 9.17) is 0 Å². The fraction of sp³-hybridized carbons (Fsp3) is 0.462. The number of carbonyl (C=O) groups is 1. The topological polar surface area (TPSA) is 29.1 Å². The average molecular weight is 282 g/mol. The van der Waals surface area contributed by atoms with Gasteiger partial charge in [-0.25, -0.2) is 0 Å². The summed E-state index contributed by atoms with van der Waals surface area (Å²) in [4.78, 5) is 11.9. The molecule has 2 unspecified atom stereocenters. The third-order valence-electron chi connectivity index (χ3n) is 3.11. The Morgan fingerprint density at radius 1 is 1.50 bits per heavy atom. The molecular formula is C13H16BrNO. The van der Waals surface area contributed by atoms with Crippen molar-refractivity contribution in [2.75, 3.05) is 6.54 Å². The van der Waals surface area contributed by atoms with Gasteiger partial charge < -0.3 is 5.32 Å². The Balaban J connectivity index is 1.97. The molecule has 0 radical (unpaired) electrons. The number of carbonyl (C=O) groups excluding carboxylic acids is 1. The molecule has 0 saturated heterocycles. The first-order valence-corrected chi connectivity index (χ1v) is 6.41. The molecule has 1 aromatic carbocycles. The summed E-state index contributed by atoms with van der Waals surface area (Å²) in [6, 6.07) is 5.77. The van der Waals surface area contributed by atoms with Gasteiger partial charge >= 0.3 is 0 Å². The van der Waals surface area contributed by atoms with Crippen LogP contribution in [0.25, 0.3) is 0 Å². The Hall–Kier alpha value is -0.830. The van der Waals surface area contributed by atoms with Gasteiger partial charge in [0.15, 0.2) is 0 Å². The predicted octanol–water partition coefficient (Wildman–Crippen LogP) is 3.14. The van der Waals surface area contributed by atoms with Gasteiger partial charge in [0.05, 0.1) is 0 Å². The van der Waals surface area contributed by atoms with E-state index in [9.17, 15) is 4.79 Å². The van der Waals surface area contributed by atoms with Crippen molar-refractivity contribution < 1.29 is 4.79 Å². The number of rotatable bonds is 3. The Morgan fingerprint density at radius 3 is 2.75 bits per heavy atom. The van der Waals surface area contributed by atoms with Crippen LogP contribution in [0.2, 0.25) is 0 Å². The van der Waals surface area contributed by atoms with Crippen LogP contribution in [0.5, 0.6) is 0 Å². The molecule has 2 nitrogen and oxygen atoms in total. The van der Waals surface area contributed by atoms with Crippen LogP contribution in [0.3, 0.4) is 0 Å². The lowest BCUT2D eigenvalue weighted by atomic mass is 10.1. The highest BCUT2D eigenvalue weighted by Gasteiger charge is 2.32. The lowest BCUT2D eigenvalue weighted by Crippen LogP contribution is -2.25. The smallest absolute Gasteiger partial charge is 0.251 e. The lowest BCUT2D eigenvalue weighted by molar-refractivity contribution is 0.0951. The van der Waals surface area contributed by atoms with Crippen molar-refractivity contribution in [1.29, 1.82) is 0 Å². The van der Waals surface area contributed by atoms with Crippen LogP contribution in [0, 0.1) is 18.8 Å². The fourth-order valence-corrected chi connectivity index (χ4v) is 2.48. The summed E-state index contributed by atoms with van der Waals surface area (Å²) in [7, 11) is 0. The maximum Gasteiger partial charge on any atom is 0.251 e. The van der Waals surface area contributed by atoms with Gasteiger partial charge in [0, 0.05) is 16.6 Å². The van der Waals surface area contributed by atoms with Gasteiger partial charge in [-0.2, -0.15) is 0 Å². The van der Waals surface area contributed by atoms with Crippen molar-refractivity contribution in [2.24, 2.45) is 11.8 Å². The van der Waals surface area contributed by atoms with Crippen LogP contribution in [0.15, 0.2) is 22.7 Å². The van der Waals surface area contributed by atoms with E-state index in [1.54, 1.807) is 0 Å². The first-order valence-electron chi connectivity index (χ1n) is 5.61. The minimum absolute atomic E-state index is 0.0310. The Labute approximate surface area is 105 Å². The number of amides is 1. The van der Waals surface area contributed by atoms with E-state index >= 15 is 0 Å². The first-order chi connectivity index (χ1) is 7.56. The zero-order valence-corrected chi connectivity index (χ0v) is 11.2. The highest BCUT2D eigenvalue weighted by molar-refractivity contribution is 9.10. The summed E-state index contributed by atoms with van der Waals surface area (Å²) >= 11 is 3.40. The van der Waals surface area contributed by atoms with Crippen molar-refractivity contribution in [3.63, 3.8) is 0 Å². The molecule has 1 aliphatic carbocycles. The minimum atomic E-state index is 0.0310. The number of hydrogen-bond donors (Lipinski definition) is 1. The molecule has 1 saturated carbocycles. The molecule has 3 heteroatoms. The minimum Gasteiger partial charge on any atom is -0.352 e. The molecule has 0 aliphatic heterocycles. The van der Waals surface area contributed by atoms with E-state index in [-0.39, 0.29) is 5.91 Å². The lowest BCUT2D eigenvalue weighted by Gasteiger charge is -2.06. The maximum absolute atomic E-state index is 11.9. The van der Waals surface area contributed by atoms with Gasteiger partial charge in [0.2, 0.25) is 0 Å². The Kier molecular flexibility index (Phi) is 3.33. The molecule has 86 valence electrons. The van der Waals surface area contributed by atoms with Crippen molar-refractivity contribution in [1.82, 2.24) is 5.32 Å². The molecule has 1 aliphatic rings. The van der Waals surface area contributed by atoms with E-state index < -0.39 is 0 Å². The van der Waals surface area contributed by atoms with Crippen molar-refractivity contribution in [3.8, 4) is 0 Å². The van der Waals surface area contributed by atoms with Gasteiger partial charge in [0.25, 0.3) is 5.91 Å². The second-order valence-electron chi connectivity index (χ2n) is 4.70. The molecule has 0 aromatic heterocycles. The van der Waals surface area contributed by atoms with Crippen LogP contribution < -0.4 is 5.32 Å². The number of aryl methyl sites for hydroxylation is 1. The van der Waals surface area contributed by atoms with Crippen LogP contribution in [0.4, 0.5) is 0 Å². The third kappa shape index (κ3) is 2.85. The average Bonchev–Trinajstić information content (AvgIpc) is 2.89. The molecule has 1 amide bonds. The number of benzene rings is 1. The molecule has 2 atom stereocenters. The van der Waals surface area contributed by atoms with Crippen LogP contribution in [0.1, 0.15) is 29.3 Å². The molecule has 1 N–H and O–H groups in total. The van der Waals surface area contributed by atoms with Crippen molar-refractivity contribution in [3.05, 3.63) is 33.8 Å². The van der Waals surface area contributed by atoms with E-state index in [1.165, 1.54) is 6.42 Å². The summed E-state index contributed by atoms with van der Waals surface area (Å²) < 4.78 is 0.956. The van der Waals surface area contributed by atoms with E-state index in [2.05, 4.69) is 28.2 Å². The Bertz CT molecular complexity index is 396. The van der Waals surface area contributed by atoms with Gasteiger partial charge in [-0.05, 0) is 48.9 Å². The van der Waals surface area contributed by atoms with Crippen LogP contribution in [-0.2, 0) is 0 Å². The summed E-state index contributed by atoms with van der Waals surface area (Å²) in [5.41, 5.74) is 1.83. The summed E-state index contributed by atoms with van der Waals surface area (Å²) in [6.07, 6.45) is 1.25. The molecule has 0 heterocycles. The summed E-state index contributed by atoms with van der Waals surface area (Å²) in [5.74, 6) is 1.50. The molecule has 16 heavy (non-hydrogen) atoms. The predicted molar refractivity (Wildman–Crippen MR) is 68.5 cm³/mol. The molecular weight excluding hydrogens is 266 g/mol. The van der Waals surface area contributed by atoms with Gasteiger partial charge in [-0.3, -0.25) is 4.79 Å². The molecule has 1 fully saturated rings. The number of hydrogen-bond acceptors (Lipinski definition) is 1. The second kappa shape index (κ2) is 4.58. The SMILES string of the molecule is Cc1cc(Br)cc(C(=O)NCC2CC2C)c1. The van der Waals surface area contributed by atoms with Gasteiger partial charge in [0.1, 0.15) is 0 Å². The maximum atomic E-state index is 11.9. The second-order valence-corrected chi connectivity index (χ2v) is 5.62. The third-order valence-corrected chi connectivity index (χ3v) is 3.56. The van der Waals surface area contributed by atoms with E-state index in [1.807, 2.05) is 25.1 Å². The zero-order valence-electron chi connectivity index (χ0n) is 9.59. The summed E-state index contributed by atoms with van der Waals surface area (Å²) in [6.45, 7) is 5.02. The highest BCUT2D eigenvalue weighted by atomic mass is 79.9. The zero-order chi connectivity index (χ0) is 11.7. The quantitative estimate of drug-likeness (QED) is 0.906. The molecule has 0 bridgehead atoms. The van der Waals surface area contributed by atoms with E-state index in [0.717, 1.165) is 28.1 Å². The molecule has 0 spiro atoms. The number of halogens is 1. The number of nitrogens with one attached hydrogen (secondary N) is 1. The van der Waals surface area contributed by atoms with Crippen LogP contribution in [-0.4, -0.2) is 12.5 Å². The summed E-state index contributed by atoms with van der Waals surface area (Å²) in [5, 5.41) is 2.99. The van der Waals surface area contributed by atoms with Crippen LogP contribution >= 0.6 is 15.9 Å². The monoisotopic (exact) mass is 281 g/mol. The molecule has 2 rings (SSSR count). The van der Waals surface area contributed by atoms with Gasteiger partial charge in [-0.1, -0.05) is 22.9 Å². The van der Waals surface area contributed by atoms with E-state index in [0.29, 0.717) is 5.92 Å². The van der Waals surface area contributed by atoms with Crippen molar-refractivity contribution >= 4 is 21.8 Å². The fourth-order valence-electron chi connectivity index (χ4n) is 1.88. The van der Waals surface area contributed by atoms with Crippen molar-refractivity contribution in [2.45, 2.75) is 20.3 Å². The highest BCUT2D eigenvalue weighted by Crippen LogP contribution is 2.36. The molecule has 1 aromatic rings. The normalized spacial score (nSPS) is 22.9. The standard InChI is InChI=1S/C13H16BrNO/c1-8-3-10(6-12(14)4-8)13(16)15-7-11-5-9(11)2/h3-4,6,9,11H,5,7H2,1-2H3,(H,15,16). The first kappa shape index (κ1) is 11.6. The Morgan fingerprint density at radius 2 is 2.19 bits per heavy atom. The largest absolute Gasteiger partial charge is 0.352 e. The van der Waals surface area contributed by atoms with Gasteiger partial charge in [-0.15, -0.1) is 0 Å².